The normalized spacial score (nSPS) is 22.4. The van der Waals surface area contributed by atoms with E-state index in [1.54, 1.807) is 29.2 Å². The van der Waals surface area contributed by atoms with Crippen molar-refractivity contribution >= 4 is 27.3 Å². The van der Waals surface area contributed by atoms with E-state index in [2.05, 4.69) is 0 Å². The third-order valence-corrected chi connectivity index (χ3v) is 7.29. The Balaban J connectivity index is 1.95. The van der Waals surface area contributed by atoms with Gasteiger partial charge in [0.25, 0.3) is 0 Å². The molecule has 2 fully saturated rings. The molecule has 7 heteroatoms. The Labute approximate surface area is 142 Å². The number of hydrogen-bond donors (Lipinski definition) is 0. The number of rotatable bonds is 2. The van der Waals surface area contributed by atoms with E-state index < -0.39 is 20.5 Å². The number of sulfone groups is 1. The average molecular weight is 350 g/mol. The number of amides is 2. The van der Waals surface area contributed by atoms with Gasteiger partial charge in [0.2, 0.25) is 11.8 Å². The molecule has 0 aromatic heterocycles. The molecule has 0 unspecified atom stereocenters. The number of nitrogens with zero attached hydrogens (tertiary/aromatic N) is 2. The van der Waals surface area contributed by atoms with Gasteiger partial charge in [-0.1, -0.05) is 32.0 Å². The van der Waals surface area contributed by atoms with Crippen molar-refractivity contribution in [2.45, 2.75) is 31.6 Å². The molecule has 2 amide bonds. The molecule has 0 saturated carbocycles. The molecule has 0 atom stereocenters. The Morgan fingerprint density at radius 3 is 2.25 bits per heavy atom. The maximum Gasteiger partial charge on any atom is 0.243 e. The Hall–Kier alpha value is -1.89. The van der Waals surface area contributed by atoms with Crippen LogP contribution in [0.15, 0.2) is 30.3 Å². The van der Waals surface area contributed by atoms with Crippen molar-refractivity contribution in [3.8, 4) is 0 Å². The number of hydrogen-bond acceptors (Lipinski definition) is 4. The van der Waals surface area contributed by atoms with E-state index in [0.717, 1.165) is 0 Å². The topological polar surface area (TPSA) is 74.8 Å². The largest absolute Gasteiger partial charge is 0.342 e. The fourth-order valence-corrected chi connectivity index (χ4v) is 5.67. The first kappa shape index (κ1) is 17.0. The number of likely N-dealkylation sites (tertiary alicyclic amines) is 1. The van der Waals surface area contributed by atoms with E-state index in [4.69, 9.17) is 0 Å². The highest BCUT2D eigenvalue weighted by molar-refractivity contribution is 7.94. The molecule has 1 aromatic carbocycles. The molecule has 2 saturated heterocycles. The third kappa shape index (κ3) is 2.51. The van der Waals surface area contributed by atoms with Crippen LogP contribution >= 0.6 is 0 Å². The van der Waals surface area contributed by atoms with Crippen LogP contribution in [0.1, 0.15) is 26.7 Å². The summed E-state index contributed by atoms with van der Waals surface area (Å²) in [5.74, 6) is -0.936. The van der Waals surface area contributed by atoms with Gasteiger partial charge in [-0.05, 0) is 12.1 Å². The minimum atomic E-state index is -3.59. The van der Waals surface area contributed by atoms with Crippen molar-refractivity contribution < 1.29 is 18.0 Å². The van der Waals surface area contributed by atoms with Crippen LogP contribution in [-0.2, 0) is 19.4 Å². The van der Waals surface area contributed by atoms with Gasteiger partial charge in [0.05, 0.1) is 0 Å². The third-order valence-electron chi connectivity index (χ3n) is 4.91. The first-order valence-electron chi connectivity index (χ1n) is 8.18. The molecule has 2 aliphatic rings. The molecule has 3 rings (SSSR count). The highest BCUT2D eigenvalue weighted by Gasteiger charge is 2.59. The summed E-state index contributed by atoms with van der Waals surface area (Å²) < 4.78 is 25.6. The van der Waals surface area contributed by atoms with E-state index in [-0.39, 0.29) is 30.6 Å². The second kappa shape index (κ2) is 5.88. The number of carbonyl (C=O) groups is 2. The molecule has 0 radical (unpaired) electrons. The van der Waals surface area contributed by atoms with Crippen LogP contribution in [0, 0.1) is 5.92 Å². The molecule has 24 heavy (non-hydrogen) atoms. The Kier molecular flexibility index (Phi) is 4.15. The van der Waals surface area contributed by atoms with E-state index in [0.29, 0.717) is 18.8 Å². The lowest BCUT2D eigenvalue weighted by Gasteiger charge is -2.43. The van der Waals surface area contributed by atoms with Gasteiger partial charge in [-0.25, -0.2) is 8.42 Å². The summed E-state index contributed by atoms with van der Waals surface area (Å²) in [7, 11) is -3.59. The molecule has 0 N–H and O–H groups in total. The van der Waals surface area contributed by atoms with Gasteiger partial charge in [-0.3, -0.25) is 14.5 Å². The van der Waals surface area contributed by atoms with Crippen molar-refractivity contribution in [3.05, 3.63) is 30.3 Å². The quantitative estimate of drug-likeness (QED) is 0.808. The van der Waals surface area contributed by atoms with Crippen LogP contribution in [-0.4, -0.2) is 48.8 Å². The van der Waals surface area contributed by atoms with Crippen LogP contribution < -0.4 is 4.90 Å². The van der Waals surface area contributed by atoms with Crippen molar-refractivity contribution in [2.75, 3.05) is 23.7 Å². The standard InChI is InChI=1S/C17H22N2O4S/c1-13(2)16(21)18-10-8-17(9-11-18)19(14-6-4-3-5-7-14)15(20)12-24(17,22)23/h3-7,13H,8-12H2,1-2H3. The van der Waals surface area contributed by atoms with Gasteiger partial charge >= 0.3 is 0 Å². The smallest absolute Gasteiger partial charge is 0.243 e. The second-order valence-electron chi connectivity index (χ2n) is 6.75. The Bertz CT molecular complexity index is 750. The minimum absolute atomic E-state index is 0.0258. The second-order valence-corrected chi connectivity index (χ2v) is 9.03. The Morgan fingerprint density at radius 1 is 1.12 bits per heavy atom. The highest BCUT2D eigenvalue weighted by Crippen LogP contribution is 2.42. The zero-order chi connectivity index (χ0) is 17.5. The summed E-state index contributed by atoms with van der Waals surface area (Å²) in [6, 6.07) is 8.92. The number of benzene rings is 1. The summed E-state index contributed by atoms with van der Waals surface area (Å²) >= 11 is 0. The predicted octanol–water partition coefficient (Wildman–Crippen LogP) is 1.42. The predicted molar refractivity (Wildman–Crippen MR) is 91.1 cm³/mol. The first-order valence-corrected chi connectivity index (χ1v) is 9.83. The van der Waals surface area contributed by atoms with E-state index in [9.17, 15) is 18.0 Å². The van der Waals surface area contributed by atoms with Gasteiger partial charge in [0, 0.05) is 37.5 Å². The van der Waals surface area contributed by atoms with Crippen LogP contribution in [0.4, 0.5) is 5.69 Å². The van der Waals surface area contributed by atoms with Crippen molar-refractivity contribution in [1.29, 1.82) is 0 Å². The summed E-state index contributed by atoms with van der Waals surface area (Å²) in [5, 5.41) is 0. The minimum Gasteiger partial charge on any atom is -0.342 e. The average Bonchev–Trinajstić information content (AvgIpc) is 2.73. The van der Waals surface area contributed by atoms with Crippen LogP contribution in [0.25, 0.3) is 0 Å². The molecule has 130 valence electrons. The molecular formula is C17H22N2O4S. The first-order chi connectivity index (χ1) is 11.3. The number of carbonyl (C=O) groups excluding carboxylic acids is 2. The van der Waals surface area contributed by atoms with Gasteiger partial charge in [-0.2, -0.15) is 0 Å². The number of anilines is 1. The zero-order valence-corrected chi connectivity index (χ0v) is 14.8. The summed E-state index contributed by atoms with van der Waals surface area (Å²) in [4.78, 5) is 26.6. The van der Waals surface area contributed by atoms with Crippen molar-refractivity contribution in [3.63, 3.8) is 0 Å². The monoisotopic (exact) mass is 350 g/mol. The fourth-order valence-electron chi connectivity index (χ4n) is 3.66. The van der Waals surface area contributed by atoms with Crippen LogP contribution in [0.5, 0.6) is 0 Å². The Morgan fingerprint density at radius 2 is 1.71 bits per heavy atom. The summed E-state index contributed by atoms with van der Waals surface area (Å²) in [6.45, 7) is 4.37. The van der Waals surface area contributed by atoms with Gasteiger partial charge in [-0.15, -0.1) is 0 Å². The number of piperidine rings is 1. The molecule has 1 spiro atoms. The van der Waals surface area contributed by atoms with E-state index >= 15 is 0 Å². The molecular weight excluding hydrogens is 328 g/mol. The molecule has 6 nitrogen and oxygen atoms in total. The molecule has 1 aromatic rings. The maximum atomic E-state index is 12.8. The van der Waals surface area contributed by atoms with Crippen molar-refractivity contribution in [1.82, 2.24) is 4.90 Å². The molecule has 0 bridgehead atoms. The lowest BCUT2D eigenvalue weighted by Crippen LogP contribution is -2.57. The summed E-state index contributed by atoms with van der Waals surface area (Å²) in [5.41, 5.74) is 0.604. The van der Waals surface area contributed by atoms with Gasteiger partial charge in [0.1, 0.15) is 5.75 Å². The fraction of sp³-hybridized carbons (Fsp3) is 0.529. The zero-order valence-electron chi connectivity index (χ0n) is 13.9. The summed E-state index contributed by atoms with van der Waals surface area (Å²) in [6.07, 6.45) is 0.517. The van der Waals surface area contributed by atoms with Gasteiger partial charge in [0.15, 0.2) is 14.7 Å². The van der Waals surface area contributed by atoms with E-state index in [1.165, 1.54) is 4.90 Å². The maximum absolute atomic E-state index is 12.8. The van der Waals surface area contributed by atoms with Gasteiger partial charge < -0.3 is 4.90 Å². The SMILES string of the molecule is CC(C)C(=O)N1CCC2(CC1)N(c1ccccc1)C(=O)CS2(=O)=O. The lowest BCUT2D eigenvalue weighted by molar-refractivity contribution is -0.135. The molecule has 2 heterocycles. The highest BCUT2D eigenvalue weighted by atomic mass is 32.2. The van der Waals surface area contributed by atoms with Crippen molar-refractivity contribution in [2.24, 2.45) is 5.92 Å². The lowest BCUT2D eigenvalue weighted by atomic mass is 10.00. The molecule has 0 aliphatic carbocycles. The molecule has 2 aliphatic heterocycles. The number of para-hydroxylation sites is 1. The van der Waals surface area contributed by atoms with E-state index in [1.807, 2.05) is 19.9 Å². The van der Waals surface area contributed by atoms with Crippen LogP contribution in [0.3, 0.4) is 0 Å². The van der Waals surface area contributed by atoms with Crippen LogP contribution in [0.2, 0.25) is 0 Å².